The van der Waals surface area contributed by atoms with Crippen LogP contribution in [-0.4, -0.2) is 17.0 Å². The molecule has 0 bridgehead atoms. The number of ether oxygens (including phenoxy) is 1. The number of carbonyl (C=O) groups excluding carboxylic acids is 1. The zero-order chi connectivity index (χ0) is 15.2. The van der Waals surface area contributed by atoms with Gasteiger partial charge >= 0.3 is 11.9 Å². The van der Waals surface area contributed by atoms with Gasteiger partial charge in [-0.05, 0) is 29.3 Å². The molecule has 0 saturated carbocycles. The monoisotopic (exact) mass is 288 g/mol. The molecule has 5 heteroatoms. The van der Waals surface area contributed by atoms with E-state index in [0.717, 1.165) is 0 Å². The summed E-state index contributed by atoms with van der Waals surface area (Å²) in [4.78, 5) is 22.8. The first-order valence-corrected chi connectivity index (χ1v) is 6.27. The molecule has 0 heterocycles. The fraction of sp³-hybridized carbons (Fsp3) is 0.125. The molecular weight excluding hydrogens is 275 g/mol. The second-order valence-electron chi connectivity index (χ2n) is 4.43. The van der Waals surface area contributed by atoms with Gasteiger partial charge in [0.25, 0.3) is 0 Å². The molecule has 2 aromatic carbocycles. The maximum Gasteiger partial charge on any atom is 0.335 e. The summed E-state index contributed by atoms with van der Waals surface area (Å²) in [5, 5.41) is 9.02. The molecule has 0 aliphatic rings. The van der Waals surface area contributed by atoms with Crippen molar-refractivity contribution < 1.29 is 23.8 Å². The number of aromatic carboxylic acids is 1. The zero-order valence-corrected chi connectivity index (χ0v) is 11.1. The van der Waals surface area contributed by atoms with E-state index in [1.54, 1.807) is 18.2 Å². The highest BCUT2D eigenvalue weighted by atomic mass is 19.1. The van der Waals surface area contributed by atoms with Crippen molar-refractivity contribution >= 4 is 11.9 Å². The third-order valence-corrected chi connectivity index (χ3v) is 2.90. The molecule has 0 aromatic heterocycles. The Bertz CT molecular complexity index is 650. The van der Waals surface area contributed by atoms with Crippen LogP contribution in [0.4, 0.5) is 4.39 Å². The molecule has 0 radical (unpaired) electrons. The highest BCUT2D eigenvalue weighted by Gasteiger charge is 2.13. The Kier molecular flexibility index (Phi) is 4.66. The summed E-state index contributed by atoms with van der Waals surface area (Å²) in [7, 11) is 0. The van der Waals surface area contributed by atoms with Gasteiger partial charge in [0, 0.05) is 0 Å². The summed E-state index contributed by atoms with van der Waals surface area (Å²) in [6.45, 7) is 0.0222. The van der Waals surface area contributed by atoms with Gasteiger partial charge in [0.2, 0.25) is 0 Å². The van der Waals surface area contributed by atoms with Crippen molar-refractivity contribution in [2.45, 2.75) is 13.0 Å². The van der Waals surface area contributed by atoms with Gasteiger partial charge in [-0.25, -0.2) is 9.18 Å². The molecule has 1 N–H and O–H groups in total. The number of carboxylic acid groups (broad SMARTS) is 1. The molecule has 108 valence electrons. The number of carboxylic acids is 1. The van der Waals surface area contributed by atoms with Crippen molar-refractivity contribution in [2.24, 2.45) is 0 Å². The van der Waals surface area contributed by atoms with Crippen LogP contribution in [0.1, 0.15) is 21.5 Å². The van der Waals surface area contributed by atoms with Gasteiger partial charge in [0.05, 0.1) is 12.0 Å². The van der Waals surface area contributed by atoms with E-state index in [2.05, 4.69) is 0 Å². The van der Waals surface area contributed by atoms with Crippen LogP contribution in [0, 0.1) is 5.82 Å². The Morgan fingerprint density at radius 3 is 2.38 bits per heavy atom. The fourth-order valence-electron chi connectivity index (χ4n) is 1.83. The SMILES string of the molecule is O=C(Cc1ccccc1C(=O)O)OCc1ccc(F)cc1. The van der Waals surface area contributed by atoms with Crippen molar-refractivity contribution in [1.82, 2.24) is 0 Å². The Labute approximate surface area is 120 Å². The van der Waals surface area contributed by atoms with Gasteiger partial charge in [-0.2, -0.15) is 0 Å². The molecule has 21 heavy (non-hydrogen) atoms. The first kappa shape index (κ1) is 14.7. The fourth-order valence-corrected chi connectivity index (χ4v) is 1.83. The molecule has 0 spiro atoms. The van der Waals surface area contributed by atoms with Gasteiger partial charge in [0.15, 0.2) is 0 Å². The number of benzene rings is 2. The largest absolute Gasteiger partial charge is 0.478 e. The highest BCUT2D eigenvalue weighted by Crippen LogP contribution is 2.11. The van der Waals surface area contributed by atoms with Crippen LogP contribution in [-0.2, 0) is 22.6 Å². The highest BCUT2D eigenvalue weighted by molar-refractivity contribution is 5.91. The molecule has 0 amide bonds. The second kappa shape index (κ2) is 6.65. The van der Waals surface area contributed by atoms with Gasteiger partial charge in [-0.3, -0.25) is 4.79 Å². The first-order valence-electron chi connectivity index (χ1n) is 6.27. The van der Waals surface area contributed by atoms with Crippen LogP contribution in [0.25, 0.3) is 0 Å². The topological polar surface area (TPSA) is 63.6 Å². The second-order valence-corrected chi connectivity index (χ2v) is 4.43. The predicted octanol–water partition coefficient (Wildman–Crippen LogP) is 2.81. The lowest BCUT2D eigenvalue weighted by Crippen LogP contribution is -2.11. The van der Waals surface area contributed by atoms with Crippen molar-refractivity contribution in [2.75, 3.05) is 0 Å². The molecule has 0 aliphatic heterocycles. The lowest BCUT2D eigenvalue weighted by atomic mass is 10.1. The summed E-state index contributed by atoms with van der Waals surface area (Å²) in [5.74, 6) is -1.98. The molecule has 0 saturated heterocycles. The first-order chi connectivity index (χ1) is 10.1. The third kappa shape index (κ3) is 4.14. The molecule has 2 rings (SSSR count). The lowest BCUT2D eigenvalue weighted by molar-refractivity contribution is -0.144. The average molecular weight is 288 g/mol. The van der Waals surface area contributed by atoms with Gasteiger partial charge in [0.1, 0.15) is 12.4 Å². The minimum absolute atomic E-state index is 0.0222. The quantitative estimate of drug-likeness (QED) is 0.859. The van der Waals surface area contributed by atoms with Gasteiger partial charge in [-0.1, -0.05) is 30.3 Å². The number of hydrogen-bond donors (Lipinski definition) is 1. The number of hydrogen-bond acceptors (Lipinski definition) is 3. The van der Waals surface area contributed by atoms with Crippen LogP contribution in [0.3, 0.4) is 0 Å². The minimum Gasteiger partial charge on any atom is -0.478 e. The molecule has 2 aromatic rings. The van der Waals surface area contributed by atoms with E-state index in [1.807, 2.05) is 0 Å². The Hall–Kier alpha value is -2.69. The van der Waals surface area contributed by atoms with Crippen molar-refractivity contribution in [3.8, 4) is 0 Å². The average Bonchev–Trinajstić information content (AvgIpc) is 2.47. The van der Waals surface area contributed by atoms with E-state index >= 15 is 0 Å². The Morgan fingerprint density at radius 2 is 1.71 bits per heavy atom. The number of carbonyl (C=O) groups is 2. The maximum absolute atomic E-state index is 12.7. The van der Waals surface area contributed by atoms with Crippen LogP contribution >= 0.6 is 0 Å². The van der Waals surface area contributed by atoms with E-state index < -0.39 is 11.9 Å². The summed E-state index contributed by atoms with van der Waals surface area (Å²) >= 11 is 0. The third-order valence-electron chi connectivity index (χ3n) is 2.90. The predicted molar refractivity (Wildman–Crippen MR) is 73.3 cm³/mol. The molecule has 0 aliphatic carbocycles. The van der Waals surface area contributed by atoms with E-state index in [0.29, 0.717) is 11.1 Å². The van der Waals surface area contributed by atoms with Crippen molar-refractivity contribution in [1.29, 1.82) is 0 Å². The number of rotatable bonds is 5. The van der Waals surface area contributed by atoms with Gasteiger partial charge in [-0.15, -0.1) is 0 Å². The maximum atomic E-state index is 12.7. The van der Waals surface area contributed by atoms with Crippen molar-refractivity contribution in [3.63, 3.8) is 0 Å². The summed E-state index contributed by atoms with van der Waals surface area (Å²) in [6.07, 6.45) is -0.121. The lowest BCUT2D eigenvalue weighted by Gasteiger charge is -2.07. The van der Waals surface area contributed by atoms with Crippen LogP contribution in [0.15, 0.2) is 48.5 Å². The van der Waals surface area contributed by atoms with Crippen LogP contribution in [0.5, 0.6) is 0 Å². The normalized spacial score (nSPS) is 10.1. The van der Waals surface area contributed by atoms with Crippen LogP contribution < -0.4 is 0 Å². The molecule has 0 fully saturated rings. The standard InChI is InChI=1S/C16H13FO4/c17-13-7-5-11(6-8-13)10-21-15(18)9-12-3-1-2-4-14(12)16(19)20/h1-8H,9-10H2,(H,19,20). The van der Waals surface area contributed by atoms with Crippen LogP contribution in [0.2, 0.25) is 0 Å². The number of esters is 1. The van der Waals surface area contributed by atoms with E-state index in [4.69, 9.17) is 9.84 Å². The molecule has 4 nitrogen and oxygen atoms in total. The van der Waals surface area contributed by atoms with E-state index in [-0.39, 0.29) is 24.4 Å². The molecule has 0 atom stereocenters. The van der Waals surface area contributed by atoms with Crippen molar-refractivity contribution in [3.05, 3.63) is 71.0 Å². The summed E-state index contributed by atoms with van der Waals surface area (Å²) < 4.78 is 17.8. The summed E-state index contributed by atoms with van der Waals surface area (Å²) in [6, 6.07) is 11.9. The number of halogens is 1. The van der Waals surface area contributed by atoms with E-state index in [1.165, 1.54) is 30.3 Å². The smallest absolute Gasteiger partial charge is 0.335 e. The van der Waals surface area contributed by atoms with E-state index in [9.17, 15) is 14.0 Å². The molecule has 0 unspecified atom stereocenters. The Balaban J connectivity index is 1.96. The zero-order valence-electron chi connectivity index (χ0n) is 11.1. The summed E-state index contributed by atoms with van der Waals surface area (Å²) in [5.41, 5.74) is 1.14. The molecular formula is C16H13FO4. The van der Waals surface area contributed by atoms with Gasteiger partial charge < -0.3 is 9.84 Å². The minimum atomic E-state index is -1.09. The Morgan fingerprint density at radius 1 is 1.05 bits per heavy atom.